The maximum Gasteiger partial charge on any atom is 0.341 e. The Morgan fingerprint density at radius 3 is 2.58 bits per heavy atom. The summed E-state index contributed by atoms with van der Waals surface area (Å²) in [5.74, 6) is -0.344. The van der Waals surface area contributed by atoms with Gasteiger partial charge < -0.3 is 9.30 Å². The number of hydrogen-bond donors (Lipinski definition) is 0. The number of halogens is 1. The first-order chi connectivity index (χ1) is 16.2. The first-order valence-electron chi connectivity index (χ1n) is 10.7. The molecule has 6 heteroatoms. The third kappa shape index (κ3) is 4.17. The van der Waals surface area contributed by atoms with Gasteiger partial charge in [-0.05, 0) is 30.7 Å². The van der Waals surface area contributed by atoms with E-state index >= 15 is 0 Å². The zero-order valence-corrected chi connectivity index (χ0v) is 19.6. The van der Waals surface area contributed by atoms with Gasteiger partial charge in [-0.2, -0.15) is 0 Å². The molecule has 0 saturated carbocycles. The molecule has 33 heavy (non-hydrogen) atoms. The third-order valence-electron chi connectivity index (χ3n) is 5.50. The van der Waals surface area contributed by atoms with Crippen LogP contribution in [-0.2, 0) is 11.3 Å². The number of thiophene rings is 1. The number of carbonyl (C=O) groups excluding carboxylic acids is 1. The van der Waals surface area contributed by atoms with Gasteiger partial charge in [-0.15, -0.1) is 11.3 Å². The molecule has 0 spiro atoms. The molecule has 0 bridgehead atoms. The van der Waals surface area contributed by atoms with Gasteiger partial charge in [0.05, 0.1) is 6.61 Å². The molecular weight excluding hydrogens is 452 g/mol. The SMILES string of the molecule is CCOC(=O)c1c(N=Cc2cn(Cc3ccccc3Cl)c3ccccc23)sc2ccccc12. The molecule has 5 aromatic rings. The summed E-state index contributed by atoms with van der Waals surface area (Å²) in [7, 11) is 0. The topological polar surface area (TPSA) is 43.6 Å². The summed E-state index contributed by atoms with van der Waals surface area (Å²) >= 11 is 7.89. The lowest BCUT2D eigenvalue weighted by Gasteiger charge is -2.07. The molecule has 0 unspecified atom stereocenters. The monoisotopic (exact) mass is 472 g/mol. The Balaban J connectivity index is 1.57. The molecule has 164 valence electrons. The lowest BCUT2D eigenvalue weighted by Crippen LogP contribution is -2.03. The van der Waals surface area contributed by atoms with Crippen molar-refractivity contribution in [1.29, 1.82) is 0 Å². The molecule has 0 saturated heterocycles. The average molecular weight is 473 g/mol. The second-order valence-electron chi connectivity index (χ2n) is 7.58. The molecule has 2 heterocycles. The maximum absolute atomic E-state index is 12.7. The summed E-state index contributed by atoms with van der Waals surface area (Å²) in [6.45, 7) is 2.79. The molecule has 2 aromatic heterocycles. The van der Waals surface area contributed by atoms with Crippen molar-refractivity contribution in [3.05, 3.63) is 101 Å². The smallest absolute Gasteiger partial charge is 0.341 e. The number of esters is 1. The van der Waals surface area contributed by atoms with Gasteiger partial charge in [0.2, 0.25) is 0 Å². The van der Waals surface area contributed by atoms with Crippen LogP contribution in [0.5, 0.6) is 0 Å². The van der Waals surface area contributed by atoms with E-state index in [4.69, 9.17) is 21.3 Å². The molecule has 5 rings (SSSR count). The van der Waals surface area contributed by atoms with E-state index in [0.29, 0.717) is 23.7 Å². The van der Waals surface area contributed by atoms with Crippen LogP contribution in [0.1, 0.15) is 28.4 Å². The first kappa shape index (κ1) is 21.4. The summed E-state index contributed by atoms with van der Waals surface area (Å²) in [6, 6.07) is 23.9. The molecule has 0 aliphatic rings. The summed E-state index contributed by atoms with van der Waals surface area (Å²) in [5.41, 5.74) is 3.65. The van der Waals surface area contributed by atoms with Crippen LogP contribution in [0.3, 0.4) is 0 Å². The number of rotatable bonds is 6. The minimum atomic E-state index is -0.344. The normalized spacial score (nSPS) is 11.6. The molecule has 0 amide bonds. The van der Waals surface area contributed by atoms with Crippen LogP contribution >= 0.6 is 22.9 Å². The molecule has 0 radical (unpaired) electrons. The number of aromatic nitrogens is 1. The van der Waals surface area contributed by atoms with Crippen LogP contribution < -0.4 is 0 Å². The summed E-state index contributed by atoms with van der Waals surface area (Å²) in [5, 5.41) is 3.36. The fourth-order valence-corrected chi connectivity index (χ4v) is 5.20. The van der Waals surface area contributed by atoms with Gasteiger partial charge in [-0.1, -0.05) is 66.2 Å². The predicted molar refractivity (Wildman–Crippen MR) is 138 cm³/mol. The number of para-hydroxylation sites is 1. The molecule has 0 fully saturated rings. The van der Waals surface area contributed by atoms with Gasteiger partial charge in [0.15, 0.2) is 0 Å². The Morgan fingerprint density at radius 1 is 1.03 bits per heavy atom. The Labute approximate surface area is 200 Å². The first-order valence-corrected chi connectivity index (χ1v) is 11.9. The fourth-order valence-electron chi connectivity index (χ4n) is 3.97. The van der Waals surface area contributed by atoms with Crippen molar-refractivity contribution < 1.29 is 9.53 Å². The standard InChI is InChI=1S/C27H21ClN2O2S/c1-2-32-27(31)25-21-11-5-8-14-24(21)33-26(25)29-15-19-17-30(23-13-7-4-10-20(19)23)16-18-9-3-6-12-22(18)28/h3-15,17H,2,16H2,1H3. The highest BCUT2D eigenvalue weighted by molar-refractivity contribution is 7.23. The van der Waals surface area contributed by atoms with E-state index in [-0.39, 0.29) is 5.97 Å². The van der Waals surface area contributed by atoms with Crippen molar-refractivity contribution in [3.63, 3.8) is 0 Å². The third-order valence-corrected chi connectivity index (χ3v) is 6.94. The van der Waals surface area contributed by atoms with Crippen molar-refractivity contribution >= 4 is 61.1 Å². The highest BCUT2D eigenvalue weighted by Crippen LogP contribution is 2.38. The predicted octanol–water partition coefficient (Wildman–Crippen LogP) is 7.49. The van der Waals surface area contributed by atoms with E-state index in [2.05, 4.69) is 22.9 Å². The van der Waals surface area contributed by atoms with Crippen molar-refractivity contribution in [3.8, 4) is 0 Å². The molecule has 0 atom stereocenters. The second-order valence-corrected chi connectivity index (χ2v) is 9.02. The number of fused-ring (bicyclic) bond motifs is 2. The van der Waals surface area contributed by atoms with Gasteiger partial charge in [0.1, 0.15) is 10.6 Å². The summed E-state index contributed by atoms with van der Waals surface area (Å²) in [4.78, 5) is 17.5. The zero-order chi connectivity index (χ0) is 22.8. The Bertz CT molecular complexity index is 1500. The minimum Gasteiger partial charge on any atom is -0.462 e. The molecular formula is C27H21ClN2O2S. The van der Waals surface area contributed by atoms with Gasteiger partial charge in [-0.25, -0.2) is 9.79 Å². The van der Waals surface area contributed by atoms with Crippen molar-refractivity contribution in [1.82, 2.24) is 4.57 Å². The Kier molecular flexibility index (Phi) is 5.99. The van der Waals surface area contributed by atoms with Crippen LogP contribution in [-0.4, -0.2) is 23.4 Å². The van der Waals surface area contributed by atoms with E-state index in [0.717, 1.165) is 37.1 Å². The van der Waals surface area contributed by atoms with Crippen LogP contribution in [0.4, 0.5) is 5.00 Å². The summed E-state index contributed by atoms with van der Waals surface area (Å²) < 4.78 is 8.50. The fraction of sp³-hybridized carbons (Fsp3) is 0.111. The highest BCUT2D eigenvalue weighted by Gasteiger charge is 2.19. The largest absolute Gasteiger partial charge is 0.462 e. The molecule has 0 aliphatic carbocycles. The molecule has 0 N–H and O–H groups in total. The number of benzene rings is 3. The quantitative estimate of drug-likeness (QED) is 0.190. The molecule has 0 aliphatic heterocycles. The van der Waals surface area contributed by atoms with E-state index in [9.17, 15) is 4.79 Å². The van der Waals surface area contributed by atoms with Gasteiger partial charge >= 0.3 is 5.97 Å². The Morgan fingerprint density at radius 2 is 1.76 bits per heavy atom. The van der Waals surface area contributed by atoms with Gasteiger partial charge in [0, 0.05) is 50.5 Å². The number of carbonyl (C=O) groups is 1. The number of hydrogen-bond acceptors (Lipinski definition) is 4. The lowest BCUT2D eigenvalue weighted by molar-refractivity contribution is 0.0530. The van der Waals surface area contributed by atoms with Crippen LogP contribution in [0, 0.1) is 0 Å². The number of ether oxygens (including phenoxy) is 1. The van der Waals surface area contributed by atoms with Crippen LogP contribution in [0.15, 0.2) is 84.0 Å². The maximum atomic E-state index is 12.7. The number of aliphatic imine (C=N–C) groups is 1. The van der Waals surface area contributed by atoms with Gasteiger partial charge in [0.25, 0.3) is 0 Å². The minimum absolute atomic E-state index is 0.321. The second kappa shape index (κ2) is 9.22. The Hall–Kier alpha value is -3.41. The molecule has 3 aromatic carbocycles. The van der Waals surface area contributed by atoms with E-state index in [1.54, 1.807) is 0 Å². The molecule has 4 nitrogen and oxygen atoms in total. The van der Waals surface area contributed by atoms with Gasteiger partial charge in [-0.3, -0.25) is 0 Å². The van der Waals surface area contributed by atoms with Crippen molar-refractivity contribution in [2.24, 2.45) is 4.99 Å². The zero-order valence-electron chi connectivity index (χ0n) is 18.0. The summed E-state index contributed by atoms with van der Waals surface area (Å²) in [6.07, 6.45) is 3.91. The van der Waals surface area contributed by atoms with Crippen molar-refractivity contribution in [2.75, 3.05) is 6.61 Å². The van der Waals surface area contributed by atoms with Crippen LogP contribution in [0.25, 0.3) is 21.0 Å². The van der Waals surface area contributed by atoms with Crippen molar-refractivity contribution in [2.45, 2.75) is 13.5 Å². The highest BCUT2D eigenvalue weighted by atomic mass is 35.5. The number of nitrogens with zero attached hydrogens (tertiary/aromatic N) is 2. The van der Waals surface area contributed by atoms with Crippen LogP contribution in [0.2, 0.25) is 5.02 Å². The lowest BCUT2D eigenvalue weighted by atomic mass is 10.1. The van der Waals surface area contributed by atoms with E-state index < -0.39 is 0 Å². The average Bonchev–Trinajstić information content (AvgIpc) is 3.37. The van der Waals surface area contributed by atoms with E-state index in [1.165, 1.54) is 11.3 Å². The van der Waals surface area contributed by atoms with E-state index in [1.807, 2.05) is 73.8 Å².